The number of carbonyl (C=O) groups excluding carboxylic acids is 2. The monoisotopic (exact) mass is 439 g/mol. The van der Waals surface area contributed by atoms with Crippen molar-refractivity contribution in [2.45, 2.75) is 6.18 Å². The second kappa shape index (κ2) is 9.21. The Hall–Kier alpha value is -3.34. The lowest BCUT2D eigenvalue weighted by Crippen LogP contribution is -2.41. The van der Waals surface area contributed by atoms with Crippen molar-refractivity contribution in [1.82, 2.24) is 9.47 Å². The third-order valence-corrected chi connectivity index (χ3v) is 4.53. The number of benzene rings is 1. The van der Waals surface area contributed by atoms with Crippen LogP contribution in [0, 0.1) is 0 Å². The molecule has 1 aromatic carbocycles. The third kappa shape index (κ3) is 5.63. The molecule has 2 amide bonds. The molecule has 1 fully saturated rings. The summed E-state index contributed by atoms with van der Waals surface area (Å²) >= 11 is 0. The number of amides is 2. The lowest BCUT2D eigenvalue weighted by atomic mass is 10.2. The van der Waals surface area contributed by atoms with E-state index in [-0.39, 0.29) is 22.9 Å². The Morgan fingerprint density at radius 2 is 1.90 bits per heavy atom. The van der Waals surface area contributed by atoms with E-state index in [2.05, 4.69) is 5.32 Å². The molecule has 2 heterocycles. The van der Waals surface area contributed by atoms with E-state index in [1.54, 1.807) is 4.90 Å². The predicted molar refractivity (Wildman–Crippen MR) is 104 cm³/mol. The number of alkyl halides is 3. The number of anilines is 1. The molecule has 1 aliphatic heterocycles. The van der Waals surface area contributed by atoms with Gasteiger partial charge in [0, 0.05) is 26.3 Å². The maximum absolute atomic E-state index is 12.8. The first-order valence-corrected chi connectivity index (χ1v) is 9.33. The van der Waals surface area contributed by atoms with Gasteiger partial charge in [0.15, 0.2) is 6.61 Å². The fourth-order valence-electron chi connectivity index (χ4n) is 2.96. The first-order chi connectivity index (χ1) is 14.6. The van der Waals surface area contributed by atoms with Crippen LogP contribution in [0.4, 0.5) is 18.9 Å². The van der Waals surface area contributed by atoms with E-state index in [1.807, 2.05) is 0 Å². The first kappa shape index (κ1) is 22.3. The van der Waals surface area contributed by atoms with E-state index in [0.29, 0.717) is 26.3 Å². The molecular formula is C20H20F3N3O5. The maximum Gasteiger partial charge on any atom is 0.416 e. The number of carbonyl (C=O) groups is 2. The van der Waals surface area contributed by atoms with Gasteiger partial charge in [-0.25, -0.2) is 0 Å². The summed E-state index contributed by atoms with van der Waals surface area (Å²) in [6, 6.07) is 5.36. The topological polar surface area (TPSA) is 89.9 Å². The predicted octanol–water partition coefficient (Wildman–Crippen LogP) is 1.89. The van der Waals surface area contributed by atoms with E-state index in [0.717, 1.165) is 22.8 Å². The molecule has 1 aromatic heterocycles. The lowest BCUT2D eigenvalue weighted by molar-refractivity contribution is -0.137. The number of aromatic nitrogens is 1. The van der Waals surface area contributed by atoms with Crippen LogP contribution in [0.5, 0.6) is 5.75 Å². The van der Waals surface area contributed by atoms with Crippen molar-refractivity contribution in [2.75, 3.05) is 38.2 Å². The summed E-state index contributed by atoms with van der Waals surface area (Å²) in [7, 11) is 1.44. The number of rotatable bonds is 5. The molecule has 3 rings (SSSR count). The summed E-state index contributed by atoms with van der Waals surface area (Å²) < 4.78 is 49.8. The highest BCUT2D eigenvalue weighted by atomic mass is 19.4. The number of halogens is 3. The molecule has 8 nitrogen and oxygen atoms in total. The quantitative estimate of drug-likeness (QED) is 0.769. The molecule has 0 atom stereocenters. The van der Waals surface area contributed by atoms with Crippen LogP contribution in [0.3, 0.4) is 0 Å². The normalized spacial score (nSPS) is 14.3. The molecule has 31 heavy (non-hydrogen) atoms. The lowest BCUT2D eigenvalue weighted by Gasteiger charge is -2.27. The minimum atomic E-state index is -4.54. The van der Waals surface area contributed by atoms with E-state index in [1.165, 1.54) is 25.4 Å². The molecule has 0 unspecified atom stereocenters. The minimum absolute atomic E-state index is 0.140. The number of nitrogens with one attached hydrogen (secondary N) is 1. The standard InChI is InChI=1S/C20H20F3N3O5/c1-25-11-13(18(28)26-5-7-30-8-6-26)9-16(19(25)29)24-17(27)12-31-15-4-2-3-14(10-15)20(21,22)23/h2-4,9-11H,5-8,12H2,1H3,(H,24,27). The van der Waals surface area contributed by atoms with Crippen molar-refractivity contribution in [3.05, 3.63) is 58.0 Å². The van der Waals surface area contributed by atoms with Gasteiger partial charge in [0.1, 0.15) is 11.4 Å². The van der Waals surface area contributed by atoms with Crippen LogP contribution >= 0.6 is 0 Å². The van der Waals surface area contributed by atoms with Gasteiger partial charge in [-0.3, -0.25) is 14.4 Å². The Kier molecular flexibility index (Phi) is 6.64. The smallest absolute Gasteiger partial charge is 0.416 e. The fraction of sp³-hybridized carbons (Fsp3) is 0.350. The minimum Gasteiger partial charge on any atom is -0.484 e. The van der Waals surface area contributed by atoms with Crippen LogP contribution < -0.4 is 15.6 Å². The van der Waals surface area contributed by atoms with E-state index in [9.17, 15) is 27.6 Å². The number of hydrogen-bond acceptors (Lipinski definition) is 5. The second-order valence-electron chi connectivity index (χ2n) is 6.83. The average Bonchev–Trinajstić information content (AvgIpc) is 2.75. The zero-order valence-electron chi connectivity index (χ0n) is 16.6. The maximum atomic E-state index is 12.8. The molecule has 1 N–H and O–H groups in total. The summed E-state index contributed by atoms with van der Waals surface area (Å²) in [6.07, 6.45) is -3.17. The number of nitrogens with zero attached hydrogens (tertiary/aromatic N) is 2. The van der Waals surface area contributed by atoms with Crippen molar-refractivity contribution >= 4 is 17.5 Å². The highest BCUT2D eigenvalue weighted by molar-refractivity contribution is 5.97. The molecule has 0 aliphatic carbocycles. The number of pyridine rings is 1. The number of aryl methyl sites for hydroxylation is 1. The molecule has 0 spiro atoms. The highest BCUT2D eigenvalue weighted by Gasteiger charge is 2.30. The Morgan fingerprint density at radius 1 is 1.19 bits per heavy atom. The average molecular weight is 439 g/mol. The second-order valence-corrected chi connectivity index (χ2v) is 6.83. The Balaban J connectivity index is 1.69. The van der Waals surface area contributed by atoms with Gasteiger partial charge in [-0.15, -0.1) is 0 Å². The van der Waals surface area contributed by atoms with Gasteiger partial charge in [-0.2, -0.15) is 13.2 Å². The van der Waals surface area contributed by atoms with Crippen LogP contribution in [0.1, 0.15) is 15.9 Å². The van der Waals surface area contributed by atoms with Crippen LogP contribution in [0.25, 0.3) is 0 Å². The summed E-state index contributed by atoms with van der Waals surface area (Å²) in [6.45, 7) is 1.02. The number of hydrogen-bond donors (Lipinski definition) is 1. The van der Waals surface area contributed by atoms with Crippen molar-refractivity contribution in [3.63, 3.8) is 0 Å². The molecule has 0 radical (unpaired) electrons. The Labute approximate surface area is 175 Å². The van der Waals surface area contributed by atoms with Gasteiger partial charge in [-0.05, 0) is 24.3 Å². The molecule has 166 valence electrons. The zero-order chi connectivity index (χ0) is 22.6. The summed E-state index contributed by atoms with van der Waals surface area (Å²) in [5, 5.41) is 2.35. The third-order valence-electron chi connectivity index (χ3n) is 4.53. The summed E-state index contributed by atoms with van der Waals surface area (Å²) in [4.78, 5) is 38.7. The molecule has 0 saturated carbocycles. The molecule has 0 bridgehead atoms. The molecule has 1 saturated heterocycles. The molecule has 2 aromatic rings. The SMILES string of the molecule is Cn1cc(C(=O)N2CCOCC2)cc(NC(=O)COc2cccc(C(F)(F)F)c2)c1=O. The summed E-state index contributed by atoms with van der Waals surface area (Å²) in [5.41, 5.74) is -1.39. The largest absolute Gasteiger partial charge is 0.484 e. The van der Waals surface area contributed by atoms with E-state index in [4.69, 9.17) is 9.47 Å². The van der Waals surface area contributed by atoms with Crippen molar-refractivity contribution in [2.24, 2.45) is 7.05 Å². The van der Waals surface area contributed by atoms with Gasteiger partial charge in [0.25, 0.3) is 17.4 Å². The number of morpholine rings is 1. The van der Waals surface area contributed by atoms with Crippen molar-refractivity contribution in [1.29, 1.82) is 0 Å². The first-order valence-electron chi connectivity index (χ1n) is 9.33. The van der Waals surface area contributed by atoms with Gasteiger partial charge in [0.05, 0.1) is 24.3 Å². The van der Waals surface area contributed by atoms with Gasteiger partial charge in [0.2, 0.25) is 0 Å². The van der Waals surface area contributed by atoms with Crippen LogP contribution in [0.15, 0.2) is 41.3 Å². The highest BCUT2D eigenvalue weighted by Crippen LogP contribution is 2.31. The van der Waals surface area contributed by atoms with Gasteiger partial charge in [-0.1, -0.05) is 6.07 Å². The van der Waals surface area contributed by atoms with Gasteiger partial charge >= 0.3 is 6.18 Å². The van der Waals surface area contributed by atoms with Crippen LogP contribution in [-0.2, 0) is 22.8 Å². The summed E-state index contributed by atoms with van der Waals surface area (Å²) in [5.74, 6) is -1.21. The van der Waals surface area contributed by atoms with E-state index < -0.39 is 29.8 Å². The number of ether oxygens (including phenoxy) is 2. The molecule has 1 aliphatic rings. The van der Waals surface area contributed by atoms with Crippen LogP contribution in [0.2, 0.25) is 0 Å². The van der Waals surface area contributed by atoms with Crippen molar-refractivity contribution in [3.8, 4) is 5.75 Å². The Bertz CT molecular complexity index is 1030. The zero-order valence-corrected chi connectivity index (χ0v) is 16.6. The Morgan fingerprint density at radius 3 is 2.58 bits per heavy atom. The van der Waals surface area contributed by atoms with E-state index >= 15 is 0 Å². The molecule has 11 heteroatoms. The van der Waals surface area contributed by atoms with Crippen molar-refractivity contribution < 1.29 is 32.2 Å². The molecular weight excluding hydrogens is 419 g/mol. The fourth-order valence-corrected chi connectivity index (χ4v) is 2.96. The van der Waals surface area contributed by atoms with Crippen LogP contribution in [-0.4, -0.2) is 54.2 Å². The van der Waals surface area contributed by atoms with Gasteiger partial charge < -0.3 is 24.3 Å².